The largest absolute Gasteiger partial charge is 0.378 e. The fraction of sp³-hybridized carbons (Fsp3) is 0.217. The van der Waals surface area contributed by atoms with Gasteiger partial charge in [-0.2, -0.15) is 5.26 Å². The van der Waals surface area contributed by atoms with Crippen molar-refractivity contribution >= 4 is 35.0 Å². The van der Waals surface area contributed by atoms with Crippen molar-refractivity contribution in [1.82, 2.24) is 0 Å². The number of amides is 1. The van der Waals surface area contributed by atoms with Crippen molar-refractivity contribution in [3.63, 3.8) is 0 Å². The molecule has 0 unspecified atom stereocenters. The first-order chi connectivity index (χ1) is 14.1. The number of rotatable bonds is 5. The van der Waals surface area contributed by atoms with E-state index >= 15 is 0 Å². The number of allylic oxidation sites excluding steroid dienone is 2. The number of carbonyl (C=O) groups excluding carboxylic acids is 1. The summed E-state index contributed by atoms with van der Waals surface area (Å²) in [6.07, 6.45) is 3.50. The summed E-state index contributed by atoms with van der Waals surface area (Å²) < 4.78 is 5.40. The van der Waals surface area contributed by atoms with Crippen molar-refractivity contribution < 1.29 is 9.53 Å². The molecule has 29 heavy (non-hydrogen) atoms. The summed E-state index contributed by atoms with van der Waals surface area (Å²) in [6, 6.07) is 17.1. The molecule has 1 N–H and O–H groups in total. The monoisotopic (exact) mass is 407 g/mol. The molecule has 0 radical (unpaired) electrons. The number of halogens is 1. The summed E-state index contributed by atoms with van der Waals surface area (Å²) in [5, 5.41) is 12.9. The van der Waals surface area contributed by atoms with E-state index in [9.17, 15) is 10.1 Å². The zero-order valence-electron chi connectivity index (χ0n) is 16.2. The third kappa shape index (κ3) is 5.71. The van der Waals surface area contributed by atoms with Gasteiger partial charge in [-0.15, -0.1) is 0 Å². The summed E-state index contributed by atoms with van der Waals surface area (Å²) in [6.45, 7) is 4.57. The standard InChI is InChI=1S/C23H22ClN3O2/c1-17(13-18-5-3-2-4-6-18)14-19(16-25)23(28)26-21-15-20(24)7-8-22(21)27-9-11-29-12-10-27/h2-8,13-15H,9-12H2,1H3,(H,26,28)/b17-13+,19-14+. The van der Waals surface area contributed by atoms with Gasteiger partial charge in [-0.25, -0.2) is 0 Å². The third-order valence-corrected chi connectivity index (χ3v) is 4.72. The van der Waals surface area contributed by atoms with E-state index in [-0.39, 0.29) is 5.57 Å². The number of ether oxygens (including phenoxy) is 1. The Bertz CT molecular complexity index is 971. The van der Waals surface area contributed by atoms with Gasteiger partial charge >= 0.3 is 0 Å². The summed E-state index contributed by atoms with van der Waals surface area (Å²) in [5.74, 6) is -0.468. The van der Waals surface area contributed by atoms with Crippen LogP contribution < -0.4 is 10.2 Å². The first-order valence-electron chi connectivity index (χ1n) is 9.35. The lowest BCUT2D eigenvalue weighted by Crippen LogP contribution is -2.36. The van der Waals surface area contributed by atoms with Crippen LogP contribution in [0.1, 0.15) is 12.5 Å². The van der Waals surface area contributed by atoms with Crippen LogP contribution in [0.3, 0.4) is 0 Å². The molecule has 148 valence electrons. The number of carbonyl (C=O) groups is 1. The number of morpholine rings is 1. The number of nitrogens with one attached hydrogen (secondary N) is 1. The molecule has 1 aliphatic heterocycles. The number of anilines is 2. The van der Waals surface area contributed by atoms with Gasteiger partial charge in [0.1, 0.15) is 11.6 Å². The fourth-order valence-electron chi connectivity index (χ4n) is 3.11. The summed E-state index contributed by atoms with van der Waals surface area (Å²) in [4.78, 5) is 14.9. The average molecular weight is 408 g/mol. The van der Waals surface area contributed by atoms with Gasteiger partial charge in [-0.05, 0) is 42.3 Å². The van der Waals surface area contributed by atoms with Crippen LogP contribution in [0.15, 0.2) is 65.8 Å². The molecule has 0 atom stereocenters. The Morgan fingerprint density at radius 2 is 1.93 bits per heavy atom. The molecule has 1 fully saturated rings. The van der Waals surface area contributed by atoms with Gasteiger partial charge < -0.3 is 15.0 Å². The molecule has 0 aliphatic carbocycles. The second kappa shape index (κ2) is 9.92. The molecule has 1 heterocycles. The predicted octanol–water partition coefficient (Wildman–Crippen LogP) is 4.67. The smallest absolute Gasteiger partial charge is 0.266 e. The van der Waals surface area contributed by atoms with E-state index in [1.54, 1.807) is 18.2 Å². The number of hydrogen-bond donors (Lipinski definition) is 1. The second-order valence-electron chi connectivity index (χ2n) is 6.68. The van der Waals surface area contributed by atoms with Crippen LogP contribution in [0.2, 0.25) is 5.02 Å². The molecule has 0 bridgehead atoms. The van der Waals surface area contributed by atoms with Crippen LogP contribution in [-0.4, -0.2) is 32.2 Å². The van der Waals surface area contributed by atoms with Crippen LogP contribution in [0.5, 0.6) is 0 Å². The molecule has 1 aliphatic rings. The maximum Gasteiger partial charge on any atom is 0.266 e. The second-order valence-corrected chi connectivity index (χ2v) is 7.12. The summed E-state index contributed by atoms with van der Waals surface area (Å²) >= 11 is 6.14. The summed E-state index contributed by atoms with van der Waals surface area (Å²) in [5.41, 5.74) is 3.28. The minimum absolute atomic E-state index is 0.0302. The van der Waals surface area contributed by atoms with E-state index < -0.39 is 5.91 Å². The number of nitrogens with zero attached hydrogens (tertiary/aromatic N) is 2. The molecule has 0 aromatic heterocycles. The number of nitriles is 1. The van der Waals surface area contributed by atoms with E-state index in [4.69, 9.17) is 16.3 Å². The molecule has 1 saturated heterocycles. The Labute approximate surface area is 175 Å². The van der Waals surface area contributed by atoms with Crippen molar-refractivity contribution in [2.75, 3.05) is 36.5 Å². The predicted molar refractivity (Wildman–Crippen MR) is 117 cm³/mol. The van der Waals surface area contributed by atoms with Crippen molar-refractivity contribution in [3.05, 3.63) is 76.3 Å². The van der Waals surface area contributed by atoms with Crippen molar-refractivity contribution in [2.24, 2.45) is 0 Å². The van der Waals surface area contributed by atoms with Gasteiger partial charge in [0.15, 0.2) is 0 Å². The van der Waals surface area contributed by atoms with Gasteiger partial charge in [-0.3, -0.25) is 4.79 Å². The van der Waals surface area contributed by atoms with Crippen LogP contribution in [0, 0.1) is 11.3 Å². The number of hydrogen-bond acceptors (Lipinski definition) is 4. The highest BCUT2D eigenvalue weighted by Crippen LogP contribution is 2.30. The fourth-order valence-corrected chi connectivity index (χ4v) is 3.28. The molecule has 6 heteroatoms. The lowest BCUT2D eigenvalue weighted by atomic mass is 10.1. The van der Waals surface area contributed by atoms with Crippen LogP contribution in [0.4, 0.5) is 11.4 Å². The Morgan fingerprint density at radius 3 is 2.62 bits per heavy atom. The molecule has 5 nitrogen and oxygen atoms in total. The van der Waals surface area contributed by atoms with Crippen LogP contribution in [0.25, 0.3) is 6.08 Å². The quantitative estimate of drug-likeness (QED) is 0.444. The van der Waals surface area contributed by atoms with Gasteiger partial charge in [0.2, 0.25) is 0 Å². The molecular weight excluding hydrogens is 386 g/mol. The molecule has 1 amide bonds. The van der Waals surface area contributed by atoms with E-state index in [1.807, 2.05) is 55.5 Å². The lowest BCUT2D eigenvalue weighted by molar-refractivity contribution is -0.112. The Balaban J connectivity index is 1.82. The van der Waals surface area contributed by atoms with Gasteiger partial charge in [0.25, 0.3) is 5.91 Å². The molecule has 3 rings (SSSR count). The van der Waals surface area contributed by atoms with E-state index in [0.717, 1.165) is 29.9 Å². The Hall–Kier alpha value is -3.07. The van der Waals surface area contributed by atoms with E-state index in [1.165, 1.54) is 0 Å². The molecular formula is C23H22ClN3O2. The minimum Gasteiger partial charge on any atom is -0.378 e. The molecule has 0 spiro atoms. The average Bonchev–Trinajstić information content (AvgIpc) is 2.73. The van der Waals surface area contributed by atoms with Gasteiger partial charge in [0.05, 0.1) is 24.6 Å². The first kappa shape index (κ1) is 20.7. The lowest BCUT2D eigenvalue weighted by Gasteiger charge is -2.30. The molecule has 2 aromatic rings. The van der Waals surface area contributed by atoms with E-state index in [0.29, 0.717) is 23.9 Å². The Kier molecular flexibility index (Phi) is 7.07. The van der Waals surface area contributed by atoms with Crippen molar-refractivity contribution in [1.29, 1.82) is 5.26 Å². The highest BCUT2D eigenvalue weighted by molar-refractivity contribution is 6.31. The zero-order chi connectivity index (χ0) is 20.6. The zero-order valence-corrected chi connectivity index (χ0v) is 16.9. The summed E-state index contributed by atoms with van der Waals surface area (Å²) in [7, 11) is 0. The number of benzene rings is 2. The highest BCUT2D eigenvalue weighted by Gasteiger charge is 2.18. The maximum absolute atomic E-state index is 12.8. The Morgan fingerprint density at radius 1 is 1.21 bits per heavy atom. The molecule has 2 aromatic carbocycles. The van der Waals surface area contributed by atoms with Gasteiger partial charge in [0, 0.05) is 18.1 Å². The SMILES string of the molecule is CC(=C\c1ccccc1)/C=C(\C#N)C(=O)Nc1cc(Cl)ccc1N1CCOCC1. The van der Waals surface area contributed by atoms with Crippen molar-refractivity contribution in [3.8, 4) is 6.07 Å². The minimum atomic E-state index is -0.468. The highest BCUT2D eigenvalue weighted by atomic mass is 35.5. The van der Waals surface area contributed by atoms with E-state index in [2.05, 4.69) is 10.2 Å². The van der Waals surface area contributed by atoms with Crippen LogP contribution >= 0.6 is 11.6 Å². The van der Waals surface area contributed by atoms with Gasteiger partial charge in [-0.1, -0.05) is 48.0 Å². The maximum atomic E-state index is 12.8. The van der Waals surface area contributed by atoms with Crippen LogP contribution in [-0.2, 0) is 9.53 Å². The third-order valence-electron chi connectivity index (χ3n) is 4.49. The first-order valence-corrected chi connectivity index (χ1v) is 9.73. The molecule has 0 saturated carbocycles. The van der Waals surface area contributed by atoms with Crippen molar-refractivity contribution in [2.45, 2.75) is 6.92 Å². The normalized spacial score (nSPS) is 15.0. The topological polar surface area (TPSA) is 65.4 Å².